The molecule has 3 aromatic rings. The summed E-state index contributed by atoms with van der Waals surface area (Å²) in [6.45, 7) is 2.85. The summed E-state index contributed by atoms with van der Waals surface area (Å²) >= 11 is 0. The van der Waals surface area contributed by atoms with Crippen LogP contribution in [-0.4, -0.2) is 22.5 Å². The molecule has 0 aliphatic rings. The van der Waals surface area contributed by atoms with Gasteiger partial charge in [-0.2, -0.15) is 0 Å². The van der Waals surface area contributed by atoms with Gasteiger partial charge < -0.3 is 15.0 Å². The lowest BCUT2D eigenvalue weighted by Crippen LogP contribution is -2.14. The fraction of sp³-hybridized carbons (Fsp3) is 0.263. The van der Waals surface area contributed by atoms with Gasteiger partial charge in [-0.15, -0.1) is 0 Å². The molecule has 2 heterocycles. The molecule has 24 heavy (non-hydrogen) atoms. The van der Waals surface area contributed by atoms with Gasteiger partial charge in [0.2, 0.25) is 5.91 Å². The number of anilines is 1. The minimum Gasteiger partial charge on any atom is -0.494 e. The number of nitrogens with one attached hydrogen (secondary N) is 2. The Morgan fingerprint density at radius 2 is 2.25 bits per heavy atom. The summed E-state index contributed by atoms with van der Waals surface area (Å²) in [5.74, 6) is 0.769. The molecule has 3 rings (SSSR count). The molecule has 2 aromatic heterocycles. The van der Waals surface area contributed by atoms with Crippen molar-refractivity contribution >= 4 is 22.5 Å². The number of carbonyl (C=O) groups excluding carboxylic acids is 1. The first-order chi connectivity index (χ1) is 11.8. The zero-order chi connectivity index (χ0) is 16.8. The van der Waals surface area contributed by atoms with Gasteiger partial charge in [0.1, 0.15) is 5.75 Å². The highest BCUT2D eigenvalue weighted by Crippen LogP contribution is 2.24. The molecular formula is C19H21N3O2. The van der Waals surface area contributed by atoms with E-state index in [0.29, 0.717) is 18.7 Å². The third-order valence-electron chi connectivity index (χ3n) is 3.80. The van der Waals surface area contributed by atoms with Gasteiger partial charge in [-0.25, -0.2) is 0 Å². The molecule has 0 atom stereocenters. The number of unbranched alkanes of at least 4 members (excludes halogenated alkanes) is 1. The van der Waals surface area contributed by atoms with Gasteiger partial charge in [0.25, 0.3) is 0 Å². The maximum atomic E-state index is 12.2. The average Bonchev–Trinajstić information content (AvgIpc) is 2.98. The third kappa shape index (κ3) is 3.93. The number of ether oxygens (including phenoxy) is 1. The van der Waals surface area contributed by atoms with Crippen LogP contribution in [0.1, 0.15) is 25.3 Å². The lowest BCUT2D eigenvalue weighted by molar-refractivity contribution is -0.115. The number of benzene rings is 1. The molecule has 5 heteroatoms. The predicted molar refractivity (Wildman–Crippen MR) is 95.3 cm³/mol. The SMILES string of the molecule is CCCCOc1ccc2[nH]cc(CC(=O)Nc3cccnc3)c2c1. The van der Waals surface area contributed by atoms with E-state index in [1.807, 2.05) is 30.5 Å². The Labute approximate surface area is 141 Å². The summed E-state index contributed by atoms with van der Waals surface area (Å²) < 4.78 is 5.76. The van der Waals surface area contributed by atoms with Crippen LogP contribution in [0.25, 0.3) is 10.9 Å². The monoisotopic (exact) mass is 323 g/mol. The third-order valence-corrected chi connectivity index (χ3v) is 3.80. The van der Waals surface area contributed by atoms with Crippen molar-refractivity contribution in [3.05, 3.63) is 54.5 Å². The van der Waals surface area contributed by atoms with Crippen molar-refractivity contribution in [1.29, 1.82) is 0 Å². The van der Waals surface area contributed by atoms with Gasteiger partial charge in [-0.05, 0) is 42.3 Å². The largest absolute Gasteiger partial charge is 0.494 e. The van der Waals surface area contributed by atoms with Crippen molar-refractivity contribution < 1.29 is 9.53 Å². The molecular weight excluding hydrogens is 302 g/mol. The Bertz CT molecular complexity index is 812. The van der Waals surface area contributed by atoms with Crippen molar-refractivity contribution in [1.82, 2.24) is 9.97 Å². The van der Waals surface area contributed by atoms with Crippen LogP contribution in [0, 0.1) is 0 Å². The van der Waals surface area contributed by atoms with E-state index in [2.05, 4.69) is 22.2 Å². The first-order valence-electron chi connectivity index (χ1n) is 8.19. The van der Waals surface area contributed by atoms with E-state index < -0.39 is 0 Å². The zero-order valence-electron chi connectivity index (χ0n) is 13.7. The van der Waals surface area contributed by atoms with Gasteiger partial charge in [0.05, 0.1) is 24.9 Å². The van der Waals surface area contributed by atoms with Crippen LogP contribution in [0.15, 0.2) is 48.9 Å². The Balaban J connectivity index is 1.71. The summed E-state index contributed by atoms with van der Waals surface area (Å²) in [4.78, 5) is 19.4. The highest BCUT2D eigenvalue weighted by Gasteiger charge is 2.10. The second-order valence-corrected chi connectivity index (χ2v) is 5.69. The fourth-order valence-corrected chi connectivity index (χ4v) is 2.54. The second kappa shape index (κ2) is 7.64. The Hall–Kier alpha value is -2.82. The normalized spacial score (nSPS) is 10.7. The molecule has 124 valence electrons. The molecule has 0 bridgehead atoms. The van der Waals surface area contributed by atoms with Crippen molar-refractivity contribution in [3.63, 3.8) is 0 Å². The minimum absolute atomic E-state index is 0.0683. The van der Waals surface area contributed by atoms with E-state index >= 15 is 0 Å². The van der Waals surface area contributed by atoms with Gasteiger partial charge in [0, 0.05) is 23.3 Å². The number of hydrogen-bond donors (Lipinski definition) is 2. The van der Waals surface area contributed by atoms with Crippen LogP contribution in [0.3, 0.4) is 0 Å². The maximum absolute atomic E-state index is 12.2. The molecule has 0 fully saturated rings. The summed E-state index contributed by atoms with van der Waals surface area (Å²) in [5.41, 5.74) is 2.65. The Morgan fingerprint density at radius 3 is 3.04 bits per heavy atom. The highest BCUT2D eigenvalue weighted by atomic mass is 16.5. The predicted octanol–water partition coefficient (Wildman–Crippen LogP) is 3.92. The number of pyridine rings is 1. The van der Waals surface area contributed by atoms with Crippen LogP contribution >= 0.6 is 0 Å². The molecule has 1 amide bonds. The fourth-order valence-electron chi connectivity index (χ4n) is 2.54. The Kier molecular flexibility index (Phi) is 5.11. The summed E-state index contributed by atoms with van der Waals surface area (Å²) in [5, 5.41) is 3.87. The number of aromatic nitrogens is 2. The standard InChI is InChI=1S/C19H21N3O2/c1-2-3-9-24-16-6-7-18-17(11-16)14(12-21-18)10-19(23)22-15-5-4-8-20-13-15/h4-8,11-13,21H,2-3,9-10H2,1H3,(H,22,23). The number of hydrogen-bond acceptors (Lipinski definition) is 3. The molecule has 2 N–H and O–H groups in total. The van der Waals surface area contributed by atoms with Crippen LogP contribution in [0.4, 0.5) is 5.69 Å². The number of nitrogens with zero attached hydrogens (tertiary/aromatic N) is 1. The van der Waals surface area contributed by atoms with E-state index in [-0.39, 0.29) is 5.91 Å². The van der Waals surface area contributed by atoms with Crippen LogP contribution in [0.5, 0.6) is 5.75 Å². The molecule has 1 aromatic carbocycles. The van der Waals surface area contributed by atoms with E-state index in [1.54, 1.807) is 18.5 Å². The van der Waals surface area contributed by atoms with Crippen molar-refractivity contribution in [3.8, 4) is 5.75 Å². The molecule has 0 aliphatic heterocycles. The van der Waals surface area contributed by atoms with Crippen molar-refractivity contribution in [2.75, 3.05) is 11.9 Å². The number of aromatic amines is 1. The number of carbonyl (C=O) groups is 1. The topological polar surface area (TPSA) is 67.0 Å². The first-order valence-corrected chi connectivity index (χ1v) is 8.19. The Morgan fingerprint density at radius 1 is 1.33 bits per heavy atom. The number of amides is 1. The summed E-state index contributed by atoms with van der Waals surface area (Å²) in [7, 11) is 0. The molecule has 0 radical (unpaired) electrons. The van der Waals surface area contributed by atoms with E-state index in [9.17, 15) is 4.79 Å². The number of rotatable bonds is 7. The smallest absolute Gasteiger partial charge is 0.228 e. The number of fused-ring (bicyclic) bond motifs is 1. The number of H-pyrrole nitrogens is 1. The maximum Gasteiger partial charge on any atom is 0.228 e. The summed E-state index contributed by atoms with van der Waals surface area (Å²) in [6.07, 6.45) is 7.62. The van der Waals surface area contributed by atoms with E-state index in [4.69, 9.17) is 4.74 Å². The molecule has 0 aliphatic carbocycles. The van der Waals surface area contributed by atoms with E-state index in [1.165, 1.54) is 0 Å². The highest BCUT2D eigenvalue weighted by molar-refractivity contribution is 5.95. The van der Waals surface area contributed by atoms with Gasteiger partial charge in [-0.3, -0.25) is 9.78 Å². The van der Waals surface area contributed by atoms with Crippen LogP contribution in [-0.2, 0) is 11.2 Å². The molecule has 0 saturated carbocycles. The minimum atomic E-state index is -0.0683. The van der Waals surface area contributed by atoms with Crippen LogP contribution < -0.4 is 10.1 Å². The lowest BCUT2D eigenvalue weighted by Gasteiger charge is -2.06. The van der Waals surface area contributed by atoms with Crippen LogP contribution in [0.2, 0.25) is 0 Å². The zero-order valence-corrected chi connectivity index (χ0v) is 13.7. The molecule has 0 spiro atoms. The van der Waals surface area contributed by atoms with Gasteiger partial charge >= 0.3 is 0 Å². The molecule has 0 saturated heterocycles. The molecule has 5 nitrogen and oxygen atoms in total. The van der Waals surface area contributed by atoms with Gasteiger partial charge in [-0.1, -0.05) is 13.3 Å². The van der Waals surface area contributed by atoms with Gasteiger partial charge in [0.15, 0.2) is 0 Å². The second-order valence-electron chi connectivity index (χ2n) is 5.69. The van der Waals surface area contributed by atoms with Crippen molar-refractivity contribution in [2.45, 2.75) is 26.2 Å². The van der Waals surface area contributed by atoms with E-state index in [0.717, 1.165) is 35.1 Å². The molecule has 0 unspecified atom stereocenters. The average molecular weight is 323 g/mol. The van der Waals surface area contributed by atoms with Crippen molar-refractivity contribution in [2.24, 2.45) is 0 Å². The first kappa shape index (κ1) is 16.1. The quantitative estimate of drug-likeness (QED) is 0.648. The summed E-state index contributed by atoms with van der Waals surface area (Å²) in [6, 6.07) is 9.54. The lowest BCUT2D eigenvalue weighted by atomic mass is 10.1.